The van der Waals surface area contributed by atoms with Crippen LogP contribution in [0.5, 0.6) is 0 Å². The van der Waals surface area contributed by atoms with Gasteiger partial charge in [0.05, 0.1) is 12.7 Å². The fraction of sp³-hybridized carbons (Fsp3) is 0.227. The molecule has 7 heteroatoms. The summed E-state index contributed by atoms with van der Waals surface area (Å²) in [6, 6.07) is 19.4. The number of para-hydroxylation sites is 1. The molecule has 0 atom stereocenters. The summed E-state index contributed by atoms with van der Waals surface area (Å²) in [4.78, 5) is 25.4. The number of nitrogens with zero attached hydrogens (tertiary/aromatic N) is 4. The lowest BCUT2D eigenvalue weighted by Gasteiger charge is -2.36. The van der Waals surface area contributed by atoms with E-state index in [9.17, 15) is 4.79 Å². The van der Waals surface area contributed by atoms with Gasteiger partial charge in [0.1, 0.15) is 5.82 Å². The van der Waals surface area contributed by atoms with E-state index in [0.29, 0.717) is 17.3 Å². The van der Waals surface area contributed by atoms with Gasteiger partial charge in [-0.15, -0.1) is 0 Å². The Bertz CT molecular complexity index is 972. The van der Waals surface area contributed by atoms with Gasteiger partial charge in [-0.05, 0) is 36.4 Å². The first-order chi connectivity index (χ1) is 14.2. The van der Waals surface area contributed by atoms with Crippen LogP contribution in [-0.2, 0) is 4.74 Å². The molecule has 0 unspecified atom stereocenters. The molecule has 2 aromatic carbocycles. The Balaban J connectivity index is 1.42. The monoisotopic (exact) mass is 389 g/mol. The van der Waals surface area contributed by atoms with E-state index in [1.807, 2.05) is 18.2 Å². The quantitative estimate of drug-likeness (QED) is 0.671. The normalized spacial score (nSPS) is 13.8. The van der Waals surface area contributed by atoms with Gasteiger partial charge >= 0.3 is 5.97 Å². The highest BCUT2D eigenvalue weighted by molar-refractivity contribution is 5.90. The number of anilines is 4. The molecule has 4 rings (SSSR count). The van der Waals surface area contributed by atoms with Gasteiger partial charge in [0, 0.05) is 43.8 Å². The van der Waals surface area contributed by atoms with Gasteiger partial charge < -0.3 is 19.9 Å². The zero-order valence-corrected chi connectivity index (χ0v) is 16.3. The molecule has 0 amide bonds. The third-order valence-electron chi connectivity index (χ3n) is 4.88. The van der Waals surface area contributed by atoms with Crippen molar-refractivity contribution in [1.29, 1.82) is 0 Å². The van der Waals surface area contributed by atoms with E-state index in [-0.39, 0.29) is 5.97 Å². The van der Waals surface area contributed by atoms with Crippen molar-refractivity contribution in [3.8, 4) is 0 Å². The van der Waals surface area contributed by atoms with Crippen LogP contribution in [0.25, 0.3) is 0 Å². The van der Waals surface area contributed by atoms with Crippen molar-refractivity contribution in [2.24, 2.45) is 0 Å². The maximum Gasteiger partial charge on any atom is 0.337 e. The van der Waals surface area contributed by atoms with Gasteiger partial charge in [0.15, 0.2) is 0 Å². The standard InChI is InChI=1S/C22H23N5O2/c1-29-21(28)17-6-5-7-18(16-17)24-20-10-11-23-22(25-20)27-14-12-26(13-15-27)19-8-3-2-4-9-19/h2-11,16H,12-15H2,1H3,(H,23,24,25). The number of hydrogen-bond acceptors (Lipinski definition) is 7. The van der Waals surface area contributed by atoms with Crippen molar-refractivity contribution in [3.63, 3.8) is 0 Å². The number of rotatable bonds is 5. The Labute approximate surface area is 170 Å². The Morgan fingerprint density at radius 3 is 2.48 bits per heavy atom. The van der Waals surface area contributed by atoms with Crippen LogP contribution in [0, 0.1) is 0 Å². The molecule has 1 aliphatic rings. The number of carbonyl (C=O) groups is 1. The lowest BCUT2D eigenvalue weighted by Crippen LogP contribution is -2.47. The number of hydrogen-bond donors (Lipinski definition) is 1. The molecule has 1 fully saturated rings. The minimum absolute atomic E-state index is 0.367. The molecular formula is C22H23N5O2. The largest absolute Gasteiger partial charge is 0.465 e. The van der Waals surface area contributed by atoms with E-state index in [1.54, 1.807) is 24.4 Å². The summed E-state index contributed by atoms with van der Waals surface area (Å²) in [7, 11) is 1.37. The van der Waals surface area contributed by atoms with E-state index >= 15 is 0 Å². The van der Waals surface area contributed by atoms with E-state index in [0.717, 1.165) is 31.9 Å². The zero-order valence-electron chi connectivity index (χ0n) is 16.3. The van der Waals surface area contributed by atoms with Crippen LogP contribution >= 0.6 is 0 Å². The number of nitrogens with one attached hydrogen (secondary N) is 1. The second-order valence-electron chi connectivity index (χ2n) is 6.75. The van der Waals surface area contributed by atoms with Crippen molar-refractivity contribution in [2.75, 3.05) is 48.4 Å². The number of esters is 1. The van der Waals surface area contributed by atoms with Crippen LogP contribution in [-0.4, -0.2) is 49.2 Å². The predicted molar refractivity (Wildman–Crippen MR) is 114 cm³/mol. The SMILES string of the molecule is COC(=O)c1cccc(Nc2ccnc(N3CCN(c4ccccc4)CC3)n2)c1. The first kappa shape index (κ1) is 18.7. The van der Waals surface area contributed by atoms with Crippen LogP contribution < -0.4 is 15.1 Å². The van der Waals surface area contributed by atoms with Crippen LogP contribution in [0.4, 0.5) is 23.1 Å². The summed E-state index contributed by atoms with van der Waals surface area (Å²) in [6.45, 7) is 3.56. The smallest absolute Gasteiger partial charge is 0.337 e. The van der Waals surface area contributed by atoms with E-state index in [2.05, 4.69) is 49.4 Å². The highest BCUT2D eigenvalue weighted by atomic mass is 16.5. The van der Waals surface area contributed by atoms with E-state index < -0.39 is 0 Å². The second kappa shape index (κ2) is 8.60. The number of ether oxygens (including phenoxy) is 1. The van der Waals surface area contributed by atoms with Crippen molar-refractivity contribution in [1.82, 2.24) is 9.97 Å². The van der Waals surface area contributed by atoms with E-state index in [4.69, 9.17) is 4.74 Å². The summed E-state index contributed by atoms with van der Waals surface area (Å²) in [6.07, 6.45) is 1.75. The van der Waals surface area contributed by atoms with Gasteiger partial charge in [-0.25, -0.2) is 9.78 Å². The van der Waals surface area contributed by atoms with Gasteiger partial charge in [-0.1, -0.05) is 24.3 Å². The summed E-state index contributed by atoms with van der Waals surface area (Å²) < 4.78 is 4.78. The predicted octanol–water partition coefficient (Wildman–Crippen LogP) is 3.33. The highest BCUT2D eigenvalue weighted by Gasteiger charge is 2.19. The number of benzene rings is 2. The summed E-state index contributed by atoms with van der Waals surface area (Å²) >= 11 is 0. The van der Waals surface area contributed by atoms with Crippen molar-refractivity contribution in [2.45, 2.75) is 0 Å². The zero-order chi connectivity index (χ0) is 20.1. The van der Waals surface area contributed by atoms with Gasteiger partial charge in [-0.2, -0.15) is 4.98 Å². The minimum atomic E-state index is -0.367. The molecule has 0 bridgehead atoms. The van der Waals surface area contributed by atoms with Crippen LogP contribution in [0.2, 0.25) is 0 Å². The van der Waals surface area contributed by atoms with Gasteiger partial charge in [0.25, 0.3) is 0 Å². The molecule has 7 nitrogen and oxygen atoms in total. The molecule has 1 N–H and O–H groups in total. The molecule has 0 spiro atoms. The summed E-state index contributed by atoms with van der Waals surface area (Å²) in [5.41, 5.74) is 2.50. The lowest BCUT2D eigenvalue weighted by atomic mass is 10.2. The summed E-state index contributed by atoms with van der Waals surface area (Å²) in [5.74, 6) is 1.02. The van der Waals surface area contributed by atoms with Crippen molar-refractivity contribution < 1.29 is 9.53 Å². The minimum Gasteiger partial charge on any atom is -0.465 e. The number of methoxy groups -OCH3 is 1. The average molecular weight is 389 g/mol. The highest BCUT2D eigenvalue weighted by Crippen LogP contribution is 2.21. The molecule has 2 heterocycles. The third-order valence-corrected chi connectivity index (χ3v) is 4.88. The third kappa shape index (κ3) is 4.45. The number of piperazine rings is 1. The molecule has 1 aliphatic heterocycles. The first-order valence-electron chi connectivity index (χ1n) is 9.56. The lowest BCUT2D eigenvalue weighted by molar-refractivity contribution is 0.0601. The molecule has 29 heavy (non-hydrogen) atoms. The van der Waals surface area contributed by atoms with Crippen LogP contribution in [0.1, 0.15) is 10.4 Å². The van der Waals surface area contributed by atoms with Crippen molar-refractivity contribution in [3.05, 3.63) is 72.4 Å². The molecule has 1 saturated heterocycles. The maximum absolute atomic E-state index is 11.7. The molecule has 1 aromatic heterocycles. The Kier molecular flexibility index (Phi) is 5.56. The maximum atomic E-state index is 11.7. The topological polar surface area (TPSA) is 70.6 Å². The molecule has 148 valence electrons. The van der Waals surface area contributed by atoms with E-state index in [1.165, 1.54) is 12.8 Å². The Morgan fingerprint density at radius 1 is 0.966 bits per heavy atom. The molecule has 3 aromatic rings. The fourth-order valence-corrected chi connectivity index (χ4v) is 3.36. The molecule has 0 aliphatic carbocycles. The molecule has 0 saturated carbocycles. The molecule has 0 radical (unpaired) electrons. The number of carbonyl (C=O) groups excluding carboxylic acids is 1. The van der Waals surface area contributed by atoms with Crippen LogP contribution in [0.3, 0.4) is 0 Å². The Morgan fingerprint density at radius 2 is 1.72 bits per heavy atom. The van der Waals surface area contributed by atoms with Gasteiger partial charge in [0.2, 0.25) is 5.95 Å². The fourth-order valence-electron chi connectivity index (χ4n) is 3.36. The van der Waals surface area contributed by atoms with Crippen LogP contribution in [0.15, 0.2) is 66.9 Å². The Hall–Kier alpha value is -3.61. The summed E-state index contributed by atoms with van der Waals surface area (Å²) in [5, 5.41) is 3.24. The first-order valence-corrected chi connectivity index (χ1v) is 9.56. The average Bonchev–Trinajstić information content (AvgIpc) is 2.79. The second-order valence-corrected chi connectivity index (χ2v) is 6.75. The molecular weight excluding hydrogens is 366 g/mol. The van der Waals surface area contributed by atoms with Crippen molar-refractivity contribution >= 4 is 29.1 Å². The number of aromatic nitrogens is 2. The van der Waals surface area contributed by atoms with Gasteiger partial charge in [-0.3, -0.25) is 0 Å².